The Kier molecular flexibility index (Phi) is 4.00. The molecule has 0 aliphatic carbocycles. The van der Waals surface area contributed by atoms with Gasteiger partial charge in [-0.05, 0) is 24.3 Å². The first-order valence-electron chi connectivity index (χ1n) is 3.26. The number of rotatable bonds is 3. The van der Waals surface area contributed by atoms with E-state index in [1.807, 2.05) is 0 Å². The van der Waals surface area contributed by atoms with Gasteiger partial charge in [0.1, 0.15) is 10.5 Å². The largest absolute Gasteiger partial charge is 0.508 e. The number of hydrogen-bond acceptors (Lipinski definition) is 3. The minimum atomic E-state index is -0.0189. The molecule has 0 heterocycles. The molecular formula is C7H8O2P2S. The maximum absolute atomic E-state index is 10.4. The quantitative estimate of drug-likeness (QED) is 0.626. The van der Waals surface area contributed by atoms with E-state index in [2.05, 4.69) is 9.24 Å². The van der Waals surface area contributed by atoms with Gasteiger partial charge in [0.15, 0.2) is 8.46 Å². The van der Waals surface area contributed by atoms with Crippen LogP contribution in [0.25, 0.3) is 0 Å². The number of thioether (sulfide) groups is 1. The van der Waals surface area contributed by atoms with Crippen molar-refractivity contribution >= 4 is 29.5 Å². The average Bonchev–Trinajstić information content (AvgIpc) is 2.09. The smallest absolute Gasteiger partial charge is 0.174 e. The number of benzene rings is 1. The maximum Gasteiger partial charge on any atom is 0.174 e. The van der Waals surface area contributed by atoms with Crippen LogP contribution in [0, 0.1) is 0 Å². The van der Waals surface area contributed by atoms with E-state index < -0.39 is 0 Å². The molecule has 0 fully saturated rings. The van der Waals surface area contributed by atoms with Gasteiger partial charge in [0.2, 0.25) is 0 Å². The fraction of sp³-hybridized carbons (Fsp3) is 0.143. The van der Waals surface area contributed by atoms with Gasteiger partial charge in [-0.15, -0.1) is 21.0 Å². The van der Waals surface area contributed by atoms with E-state index in [9.17, 15) is 4.57 Å². The molecule has 0 saturated carbocycles. The predicted molar refractivity (Wildman–Crippen MR) is 55.1 cm³/mol. The van der Waals surface area contributed by atoms with E-state index in [1.54, 1.807) is 24.3 Å². The van der Waals surface area contributed by atoms with E-state index >= 15 is 0 Å². The molecule has 5 heteroatoms. The molecule has 0 saturated heterocycles. The molecule has 12 heavy (non-hydrogen) atoms. The fourth-order valence-corrected chi connectivity index (χ4v) is 2.27. The molecule has 1 N–H and O–H groups in total. The molecule has 0 aromatic heterocycles. The zero-order chi connectivity index (χ0) is 8.97. The van der Waals surface area contributed by atoms with E-state index in [4.69, 9.17) is 5.11 Å². The third-order valence-corrected chi connectivity index (χ3v) is 3.54. The summed E-state index contributed by atoms with van der Waals surface area (Å²) >= 11 is 1.48. The van der Waals surface area contributed by atoms with Gasteiger partial charge in [-0.1, -0.05) is 0 Å². The summed E-state index contributed by atoms with van der Waals surface area (Å²) in [6, 6.07) is 6.81. The second-order valence-corrected chi connectivity index (χ2v) is 6.15. The molecule has 1 aromatic rings. The van der Waals surface area contributed by atoms with Crippen LogP contribution in [-0.4, -0.2) is 9.84 Å². The van der Waals surface area contributed by atoms with Crippen LogP contribution < -0.4 is 0 Å². The Hall–Kier alpha value is -0.100. The van der Waals surface area contributed by atoms with Crippen LogP contribution in [0.1, 0.15) is 0 Å². The first kappa shape index (κ1) is 9.98. The fourth-order valence-electron chi connectivity index (χ4n) is 0.686. The van der Waals surface area contributed by atoms with Crippen LogP contribution in [0.4, 0.5) is 0 Å². The highest BCUT2D eigenvalue weighted by Gasteiger charge is 2.02. The summed E-state index contributed by atoms with van der Waals surface area (Å²) in [6.45, 7) is 0. The number of phenolic OH excluding ortho intramolecular Hbond substituents is 1. The van der Waals surface area contributed by atoms with Gasteiger partial charge < -0.3 is 5.11 Å². The Morgan fingerprint density at radius 2 is 2.00 bits per heavy atom. The molecule has 0 radical (unpaired) electrons. The third kappa shape index (κ3) is 3.10. The van der Waals surface area contributed by atoms with Gasteiger partial charge in [0.05, 0.1) is 0 Å². The van der Waals surface area contributed by atoms with Crippen molar-refractivity contribution in [3.63, 3.8) is 0 Å². The molecule has 0 aliphatic heterocycles. The van der Waals surface area contributed by atoms with Gasteiger partial charge in [-0.3, -0.25) is 4.57 Å². The monoisotopic (exact) mass is 218 g/mol. The Balaban J connectivity index is 2.64. The second kappa shape index (κ2) is 4.81. The lowest BCUT2D eigenvalue weighted by Crippen LogP contribution is -1.76. The Bertz CT molecular complexity index is 263. The lowest BCUT2D eigenvalue weighted by molar-refractivity contribution is 0.475. The van der Waals surface area contributed by atoms with Gasteiger partial charge in [0, 0.05) is 4.90 Å². The van der Waals surface area contributed by atoms with E-state index in [0.717, 1.165) is 4.90 Å². The van der Waals surface area contributed by atoms with E-state index in [-0.39, 0.29) is 18.9 Å². The molecule has 0 amide bonds. The standard InChI is InChI=1S/C7H8O2P2S/c8-5-1-3-6(4-2-5)12-7(10)11-9/h1-4,7-8H,10H2. The molecule has 0 spiro atoms. The topological polar surface area (TPSA) is 37.3 Å². The van der Waals surface area contributed by atoms with Crippen molar-refractivity contribution in [1.82, 2.24) is 0 Å². The van der Waals surface area contributed by atoms with Crippen LogP contribution in [0.2, 0.25) is 0 Å². The van der Waals surface area contributed by atoms with Crippen LogP contribution in [-0.2, 0) is 4.57 Å². The van der Waals surface area contributed by atoms with Crippen LogP contribution >= 0.6 is 29.5 Å². The SMILES string of the molecule is O=PC(P)Sc1ccc(O)cc1. The van der Waals surface area contributed by atoms with Gasteiger partial charge in [-0.2, -0.15) is 0 Å². The zero-order valence-electron chi connectivity index (χ0n) is 6.18. The molecule has 1 aromatic carbocycles. The lowest BCUT2D eigenvalue weighted by Gasteiger charge is -2.01. The number of phenols is 1. The summed E-state index contributed by atoms with van der Waals surface area (Å²) in [5.41, 5.74) is 0. The molecule has 0 bridgehead atoms. The summed E-state index contributed by atoms with van der Waals surface area (Å²) in [5.74, 6) is 0.249. The van der Waals surface area contributed by atoms with E-state index in [1.165, 1.54) is 11.8 Å². The summed E-state index contributed by atoms with van der Waals surface area (Å²) in [5, 5.41) is 8.97. The molecular weight excluding hydrogens is 210 g/mol. The van der Waals surface area contributed by atoms with Crippen molar-refractivity contribution in [3.8, 4) is 5.75 Å². The normalized spacial score (nSPS) is 13.1. The summed E-state index contributed by atoms with van der Waals surface area (Å²) < 4.78 is 10.4. The molecule has 1 rings (SSSR count). The van der Waals surface area contributed by atoms with Crippen molar-refractivity contribution in [2.24, 2.45) is 0 Å². The summed E-state index contributed by atoms with van der Waals surface area (Å²) in [4.78, 5) is 0.996. The molecule has 2 unspecified atom stereocenters. The van der Waals surface area contributed by atoms with Crippen LogP contribution in [0.15, 0.2) is 29.2 Å². The minimum absolute atomic E-state index is 0.0189. The first-order chi connectivity index (χ1) is 5.72. The Labute approximate surface area is 79.2 Å². The first-order valence-corrected chi connectivity index (χ1v) is 5.69. The third-order valence-electron chi connectivity index (χ3n) is 1.20. The molecule has 2 atom stereocenters. The maximum atomic E-state index is 10.4. The minimum Gasteiger partial charge on any atom is -0.508 e. The highest BCUT2D eigenvalue weighted by atomic mass is 32.2. The highest BCUT2D eigenvalue weighted by Crippen LogP contribution is 2.34. The second-order valence-electron chi connectivity index (χ2n) is 2.11. The average molecular weight is 218 g/mol. The molecule has 64 valence electrons. The molecule has 0 aliphatic rings. The summed E-state index contributed by atoms with van der Waals surface area (Å²) in [6.07, 6.45) is 0. The number of aromatic hydroxyl groups is 1. The van der Waals surface area contributed by atoms with Crippen molar-refractivity contribution in [1.29, 1.82) is 0 Å². The van der Waals surface area contributed by atoms with Crippen molar-refractivity contribution < 1.29 is 9.67 Å². The van der Waals surface area contributed by atoms with Crippen LogP contribution in [0.5, 0.6) is 5.75 Å². The van der Waals surface area contributed by atoms with Crippen LogP contribution in [0.3, 0.4) is 0 Å². The van der Waals surface area contributed by atoms with Gasteiger partial charge in [-0.25, -0.2) is 0 Å². The number of hydrogen-bond donors (Lipinski definition) is 1. The van der Waals surface area contributed by atoms with Crippen molar-refractivity contribution in [3.05, 3.63) is 24.3 Å². The predicted octanol–water partition coefficient (Wildman–Crippen LogP) is 2.93. The zero-order valence-corrected chi connectivity index (χ0v) is 9.04. The van der Waals surface area contributed by atoms with Gasteiger partial charge >= 0.3 is 0 Å². The summed E-state index contributed by atoms with van der Waals surface area (Å²) in [7, 11) is 2.57. The Morgan fingerprint density at radius 1 is 1.42 bits per heavy atom. The molecule has 2 nitrogen and oxygen atoms in total. The van der Waals surface area contributed by atoms with Crippen molar-refractivity contribution in [2.75, 3.05) is 0 Å². The Morgan fingerprint density at radius 3 is 2.50 bits per heavy atom. The highest BCUT2D eigenvalue weighted by molar-refractivity contribution is 8.07. The van der Waals surface area contributed by atoms with Crippen molar-refractivity contribution in [2.45, 2.75) is 9.63 Å². The van der Waals surface area contributed by atoms with E-state index in [0.29, 0.717) is 0 Å². The van der Waals surface area contributed by atoms with Gasteiger partial charge in [0.25, 0.3) is 0 Å². The lowest BCUT2D eigenvalue weighted by atomic mass is 10.3.